The number of aromatic nitrogens is 2. The molecule has 5 nitrogen and oxygen atoms in total. The highest BCUT2D eigenvalue weighted by Gasteiger charge is 2.23. The Kier molecular flexibility index (Phi) is 2.79. The lowest BCUT2D eigenvalue weighted by atomic mass is 10.1. The van der Waals surface area contributed by atoms with Gasteiger partial charge in [-0.3, -0.25) is 4.90 Å². The van der Waals surface area contributed by atoms with E-state index in [9.17, 15) is 0 Å². The summed E-state index contributed by atoms with van der Waals surface area (Å²) in [6.07, 6.45) is 1.45. The Bertz CT molecular complexity index is 274. The maximum atomic E-state index is 5.00. The van der Waals surface area contributed by atoms with Gasteiger partial charge in [-0.05, 0) is 13.8 Å². The molecule has 2 heterocycles. The highest BCUT2D eigenvalue weighted by molar-refractivity contribution is 4.85. The molecule has 1 aliphatic heterocycles. The molecule has 2 atom stereocenters. The Labute approximate surface area is 83.5 Å². The predicted octanol–water partition coefficient (Wildman–Crippen LogP) is 0.252. The van der Waals surface area contributed by atoms with E-state index in [4.69, 9.17) is 4.52 Å². The highest BCUT2D eigenvalue weighted by atomic mass is 16.5. The van der Waals surface area contributed by atoms with Gasteiger partial charge in [0.1, 0.15) is 0 Å². The van der Waals surface area contributed by atoms with Crippen LogP contribution in [0.15, 0.2) is 10.9 Å². The number of rotatable bonds is 2. The van der Waals surface area contributed by atoms with Crippen LogP contribution in [0.1, 0.15) is 19.7 Å². The molecule has 0 bridgehead atoms. The average molecular weight is 196 g/mol. The number of nitrogens with one attached hydrogen (secondary N) is 1. The molecule has 1 aromatic rings. The average Bonchev–Trinajstić information content (AvgIpc) is 2.64. The summed E-state index contributed by atoms with van der Waals surface area (Å²) in [6, 6.07) is 1.06. The molecule has 0 spiro atoms. The third kappa shape index (κ3) is 2.10. The van der Waals surface area contributed by atoms with Crippen molar-refractivity contribution in [3.8, 4) is 0 Å². The van der Waals surface area contributed by atoms with E-state index in [2.05, 4.69) is 34.2 Å². The third-order valence-electron chi connectivity index (χ3n) is 2.64. The zero-order valence-corrected chi connectivity index (χ0v) is 8.60. The minimum absolute atomic E-state index is 0.526. The summed E-state index contributed by atoms with van der Waals surface area (Å²) < 4.78 is 5.00. The molecule has 0 radical (unpaired) electrons. The molecular formula is C9H16N4O. The molecule has 2 rings (SSSR count). The van der Waals surface area contributed by atoms with E-state index < -0.39 is 0 Å². The number of hydrogen-bond acceptors (Lipinski definition) is 5. The SMILES string of the molecule is C[C@@H]1CN(Cc2ncno2)[C@@H](C)CN1. The van der Waals surface area contributed by atoms with Gasteiger partial charge in [0.15, 0.2) is 6.33 Å². The van der Waals surface area contributed by atoms with Gasteiger partial charge in [0.25, 0.3) is 0 Å². The summed E-state index contributed by atoms with van der Waals surface area (Å²) in [7, 11) is 0. The summed E-state index contributed by atoms with van der Waals surface area (Å²) >= 11 is 0. The van der Waals surface area contributed by atoms with Crippen molar-refractivity contribution in [1.29, 1.82) is 0 Å². The van der Waals surface area contributed by atoms with Crippen molar-refractivity contribution in [2.75, 3.05) is 13.1 Å². The lowest BCUT2D eigenvalue weighted by Gasteiger charge is -2.36. The van der Waals surface area contributed by atoms with Crippen LogP contribution < -0.4 is 5.32 Å². The molecule has 78 valence electrons. The highest BCUT2D eigenvalue weighted by Crippen LogP contribution is 2.10. The van der Waals surface area contributed by atoms with Gasteiger partial charge in [-0.25, -0.2) is 0 Å². The van der Waals surface area contributed by atoms with Gasteiger partial charge in [0.2, 0.25) is 5.89 Å². The van der Waals surface area contributed by atoms with E-state index >= 15 is 0 Å². The van der Waals surface area contributed by atoms with Crippen LogP contribution in [0.2, 0.25) is 0 Å². The summed E-state index contributed by atoms with van der Waals surface area (Å²) in [4.78, 5) is 6.39. The summed E-state index contributed by atoms with van der Waals surface area (Å²) in [5.74, 6) is 0.700. The number of nitrogens with zero attached hydrogens (tertiary/aromatic N) is 3. The van der Waals surface area contributed by atoms with Gasteiger partial charge in [-0.1, -0.05) is 5.16 Å². The van der Waals surface area contributed by atoms with Gasteiger partial charge < -0.3 is 9.84 Å². The smallest absolute Gasteiger partial charge is 0.240 e. The van der Waals surface area contributed by atoms with E-state index in [0.29, 0.717) is 18.0 Å². The first-order valence-electron chi connectivity index (χ1n) is 4.98. The summed E-state index contributed by atoms with van der Waals surface area (Å²) in [5.41, 5.74) is 0. The van der Waals surface area contributed by atoms with E-state index in [1.54, 1.807) is 0 Å². The number of piperazine rings is 1. The second-order valence-corrected chi connectivity index (χ2v) is 3.92. The molecule has 1 N–H and O–H groups in total. The molecule has 14 heavy (non-hydrogen) atoms. The summed E-state index contributed by atoms with van der Waals surface area (Å²) in [5, 5.41) is 7.04. The Balaban J connectivity index is 1.95. The van der Waals surface area contributed by atoms with Crippen LogP contribution >= 0.6 is 0 Å². The van der Waals surface area contributed by atoms with E-state index in [0.717, 1.165) is 19.6 Å². The first-order valence-corrected chi connectivity index (χ1v) is 4.98. The van der Waals surface area contributed by atoms with Crippen molar-refractivity contribution >= 4 is 0 Å². The minimum atomic E-state index is 0.526. The van der Waals surface area contributed by atoms with Crippen LogP contribution in [0.4, 0.5) is 0 Å². The quantitative estimate of drug-likeness (QED) is 0.735. The predicted molar refractivity (Wildman–Crippen MR) is 51.6 cm³/mol. The zero-order valence-electron chi connectivity index (χ0n) is 8.60. The fourth-order valence-electron chi connectivity index (χ4n) is 1.76. The molecular weight excluding hydrogens is 180 g/mol. The molecule has 5 heteroatoms. The van der Waals surface area contributed by atoms with Gasteiger partial charge in [-0.15, -0.1) is 0 Å². The van der Waals surface area contributed by atoms with Crippen LogP contribution in [0.3, 0.4) is 0 Å². The van der Waals surface area contributed by atoms with Crippen LogP contribution in [0.5, 0.6) is 0 Å². The fourth-order valence-corrected chi connectivity index (χ4v) is 1.76. The van der Waals surface area contributed by atoms with Crippen molar-refractivity contribution in [1.82, 2.24) is 20.4 Å². The fraction of sp³-hybridized carbons (Fsp3) is 0.778. The van der Waals surface area contributed by atoms with Crippen LogP contribution in [-0.2, 0) is 6.54 Å². The second kappa shape index (κ2) is 4.06. The first kappa shape index (κ1) is 9.61. The molecule has 0 aliphatic carbocycles. The molecule has 0 amide bonds. The molecule has 0 saturated carbocycles. The van der Waals surface area contributed by atoms with Crippen molar-refractivity contribution in [3.63, 3.8) is 0 Å². The lowest BCUT2D eigenvalue weighted by Crippen LogP contribution is -2.53. The van der Waals surface area contributed by atoms with E-state index in [-0.39, 0.29) is 0 Å². The van der Waals surface area contributed by atoms with Crippen molar-refractivity contribution < 1.29 is 4.52 Å². The zero-order chi connectivity index (χ0) is 9.97. The second-order valence-electron chi connectivity index (χ2n) is 3.92. The topological polar surface area (TPSA) is 54.2 Å². The molecule has 1 aliphatic rings. The Morgan fingerprint density at radius 1 is 1.64 bits per heavy atom. The third-order valence-corrected chi connectivity index (χ3v) is 2.64. The van der Waals surface area contributed by atoms with Gasteiger partial charge in [0.05, 0.1) is 6.54 Å². The van der Waals surface area contributed by atoms with Crippen molar-refractivity contribution in [3.05, 3.63) is 12.2 Å². The Hall–Kier alpha value is -0.940. The molecule has 1 fully saturated rings. The van der Waals surface area contributed by atoms with Crippen molar-refractivity contribution in [2.24, 2.45) is 0 Å². The van der Waals surface area contributed by atoms with Crippen LogP contribution in [-0.4, -0.2) is 40.2 Å². The molecule has 1 aromatic heterocycles. The normalized spacial score (nSPS) is 29.3. The van der Waals surface area contributed by atoms with Gasteiger partial charge in [0, 0.05) is 25.2 Å². The molecule has 1 saturated heterocycles. The largest absolute Gasteiger partial charge is 0.338 e. The van der Waals surface area contributed by atoms with E-state index in [1.165, 1.54) is 6.33 Å². The summed E-state index contributed by atoms with van der Waals surface area (Å²) in [6.45, 7) is 7.20. The van der Waals surface area contributed by atoms with Crippen LogP contribution in [0, 0.1) is 0 Å². The van der Waals surface area contributed by atoms with E-state index in [1.807, 2.05) is 0 Å². The standard InChI is InChI=1S/C9H16N4O/c1-7-4-13(8(2)3-10-7)5-9-11-6-12-14-9/h6-8,10H,3-5H2,1-2H3/t7-,8+/m1/s1. The number of hydrogen-bond donors (Lipinski definition) is 1. The molecule has 0 aromatic carbocycles. The lowest BCUT2D eigenvalue weighted by molar-refractivity contribution is 0.123. The van der Waals surface area contributed by atoms with Crippen LogP contribution in [0.25, 0.3) is 0 Å². The van der Waals surface area contributed by atoms with Gasteiger partial charge >= 0.3 is 0 Å². The van der Waals surface area contributed by atoms with Gasteiger partial charge in [-0.2, -0.15) is 4.98 Å². The monoisotopic (exact) mass is 196 g/mol. The first-order chi connectivity index (χ1) is 6.75. The Morgan fingerprint density at radius 3 is 3.21 bits per heavy atom. The Morgan fingerprint density at radius 2 is 2.50 bits per heavy atom. The minimum Gasteiger partial charge on any atom is -0.338 e. The van der Waals surface area contributed by atoms with Crippen molar-refractivity contribution in [2.45, 2.75) is 32.5 Å². The maximum absolute atomic E-state index is 5.00. The maximum Gasteiger partial charge on any atom is 0.240 e. The molecule has 0 unspecified atom stereocenters.